The Hall–Kier alpha value is -3.59. The molecule has 1 atom stereocenters. The van der Waals surface area contributed by atoms with Crippen LogP contribution in [0.15, 0.2) is 53.6 Å². The third kappa shape index (κ3) is 3.05. The zero-order valence-corrected chi connectivity index (χ0v) is 15.6. The van der Waals surface area contributed by atoms with E-state index in [-0.39, 0.29) is 17.7 Å². The molecule has 0 bridgehead atoms. The molecule has 5 rings (SSSR count). The molecule has 0 amide bonds. The molecule has 1 saturated heterocycles. The standard InChI is InChI=1S/C20H19N7O2/c21-19-24-17(13-5-2-1-3-6-13)16(14-8-9-22-23-11-14)18-25-26(20(28)27(18)19)12-15-7-4-10-29-15/h1-3,5-6,8-9,11,15H,4,7,10,12H2,(H2,21,24). The van der Waals surface area contributed by atoms with E-state index in [0.29, 0.717) is 30.1 Å². The molecule has 1 aliphatic heterocycles. The Balaban J connectivity index is 1.78. The van der Waals surface area contributed by atoms with E-state index in [4.69, 9.17) is 10.5 Å². The molecule has 146 valence electrons. The van der Waals surface area contributed by atoms with Gasteiger partial charge >= 0.3 is 5.69 Å². The van der Waals surface area contributed by atoms with Crippen molar-refractivity contribution >= 4 is 11.6 Å². The zero-order chi connectivity index (χ0) is 19.8. The maximum absolute atomic E-state index is 13.0. The molecule has 3 aromatic heterocycles. The number of fused-ring (bicyclic) bond motifs is 1. The van der Waals surface area contributed by atoms with Crippen molar-refractivity contribution < 1.29 is 4.74 Å². The van der Waals surface area contributed by atoms with Crippen LogP contribution in [0.2, 0.25) is 0 Å². The first-order valence-corrected chi connectivity index (χ1v) is 9.45. The van der Waals surface area contributed by atoms with E-state index in [2.05, 4.69) is 20.3 Å². The second-order valence-electron chi connectivity index (χ2n) is 6.95. The fourth-order valence-electron chi connectivity index (χ4n) is 3.71. The van der Waals surface area contributed by atoms with Crippen LogP contribution in [0.5, 0.6) is 0 Å². The monoisotopic (exact) mass is 389 g/mol. The van der Waals surface area contributed by atoms with Crippen LogP contribution in [-0.4, -0.2) is 42.1 Å². The second-order valence-corrected chi connectivity index (χ2v) is 6.95. The van der Waals surface area contributed by atoms with E-state index in [0.717, 1.165) is 24.0 Å². The molecular weight excluding hydrogens is 370 g/mol. The molecule has 1 aromatic carbocycles. The molecule has 0 radical (unpaired) electrons. The smallest absolute Gasteiger partial charge is 0.353 e. The average Bonchev–Trinajstić information content (AvgIpc) is 3.38. The highest BCUT2D eigenvalue weighted by Crippen LogP contribution is 2.33. The lowest BCUT2D eigenvalue weighted by Crippen LogP contribution is -2.28. The first-order valence-electron chi connectivity index (χ1n) is 9.45. The van der Waals surface area contributed by atoms with E-state index >= 15 is 0 Å². The molecule has 9 heteroatoms. The molecule has 1 aliphatic rings. The van der Waals surface area contributed by atoms with Gasteiger partial charge in [-0.2, -0.15) is 10.2 Å². The van der Waals surface area contributed by atoms with Crippen molar-refractivity contribution in [2.24, 2.45) is 0 Å². The van der Waals surface area contributed by atoms with E-state index in [9.17, 15) is 4.79 Å². The Bertz CT molecular complexity index is 1210. The topological polar surface area (TPSA) is 113 Å². The fourth-order valence-corrected chi connectivity index (χ4v) is 3.71. The van der Waals surface area contributed by atoms with E-state index < -0.39 is 0 Å². The zero-order valence-electron chi connectivity index (χ0n) is 15.6. The Morgan fingerprint density at radius 2 is 2.00 bits per heavy atom. The summed E-state index contributed by atoms with van der Waals surface area (Å²) in [4.78, 5) is 17.6. The van der Waals surface area contributed by atoms with Crippen LogP contribution in [0.4, 0.5) is 5.95 Å². The van der Waals surface area contributed by atoms with E-state index in [1.165, 1.54) is 9.08 Å². The summed E-state index contributed by atoms with van der Waals surface area (Å²) in [5, 5.41) is 12.5. The molecule has 1 unspecified atom stereocenters. The van der Waals surface area contributed by atoms with Crippen LogP contribution in [0, 0.1) is 0 Å². The number of hydrogen-bond donors (Lipinski definition) is 1. The molecule has 0 saturated carbocycles. The van der Waals surface area contributed by atoms with Crippen LogP contribution < -0.4 is 11.4 Å². The van der Waals surface area contributed by atoms with Gasteiger partial charge in [0, 0.05) is 17.7 Å². The van der Waals surface area contributed by atoms with Crippen LogP contribution >= 0.6 is 0 Å². The predicted molar refractivity (Wildman–Crippen MR) is 107 cm³/mol. The first-order chi connectivity index (χ1) is 14.2. The minimum atomic E-state index is -0.330. The van der Waals surface area contributed by atoms with Crippen LogP contribution in [0.3, 0.4) is 0 Å². The molecule has 9 nitrogen and oxygen atoms in total. The first kappa shape index (κ1) is 17.5. The number of aromatic nitrogens is 6. The van der Waals surface area contributed by atoms with Gasteiger partial charge in [0.25, 0.3) is 0 Å². The summed E-state index contributed by atoms with van der Waals surface area (Å²) in [7, 11) is 0. The predicted octanol–water partition coefficient (Wildman–Crippen LogP) is 1.78. The van der Waals surface area contributed by atoms with Crippen molar-refractivity contribution in [3.63, 3.8) is 0 Å². The van der Waals surface area contributed by atoms with Gasteiger partial charge in [-0.05, 0) is 18.9 Å². The van der Waals surface area contributed by atoms with Gasteiger partial charge < -0.3 is 10.5 Å². The summed E-state index contributed by atoms with van der Waals surface area (Å²) in [5.41, 5.74) is 9.26. The SMILES string of the molecule is Nc1nc(-c2ccccc2)c(-c2ccnnc2)c2nn(CC3CCCO3)c(=O)n12. The number of ether oxygens (including phenoxy) is 1. The molecule has 0 aliphatic carbocycles. The van der Waals surface area contributed by atoms with Gasteiger partial charge in [0.15, 0.2) is 5.65 Å². The number of nitrogens with two attached hydrogens (primary N) is 1. The average molecular weight is 389 g/mol. The summed E-state index contributed by atoms with van der Waals surface area (Å²) in [5.74, 6) is 0.0909. The van der Waals surface area contributed by atoms with Crippen molar-refractivity contribution in [3.05, 3.63) is 59.3 Å². The number of benzene rings is 1. The Labute approximate surface area is 165 Å². The van der Waals surface area contributed by atoms with Gasteiger partial charge in [-0.25, -0.2) is 18.9 Å². The Morgan fingerprint density at radius 3 is 2.72 bits per heavy atom. The molecule has 29 heavy (non-hydrogen) atoms. The number of nitrogens with zero attached hydrogens (tertiary/aromatic N) is 6. The number of nitrogen functional groups attached to an aromatic ring is 1. The molecule has 1 fully saturated rings. The third-order valence-corrected chi connectivity index (χ3v) is 5.08. The fraction of sp³-hybridized carbons (Fsp3) is 0.250. The highest BCUT2D eigenvalue weighted by molar-refractivity contribution is 5.90. The van der Waals surface area contributed by atoms with Crippen LogP contribution in [-0.2, 0) is 11.3 Å². The maximum Gasteiger partial charge on any atom is 0.353 e. The summed E-state index contributed by atoms with van der Waals surface area (Å²) in [6.07, 6.45) is 5.10. The van der Waals surface area contributed by atoms with Crippen molar-refractivity contribution in [2.75, 3.05) is 12.3 Å². The van der Waals surface area contributed by atoms with Gasteiger partial charge in [0.05, 0.1) is 36.3 Å². The van der Waals surface area contributed by atoms with Gasteiger partial charge in [-0.3, -0.25) is 0 Å². The van der Waals surface area contributed by atoms with Gasteiger partial charge in [-0.15, -0.1) is 5.10 Å². The summed E-state index contributed by atoms with van der Waals surface area (Å²) < 4.78 is 8.43. The minimum Gasteiger partial charge on any atom is -0.376 e. The lowest BCUT2D eigenvalue weighted by Gasteiger charge is -2.11. The Kier molecular flexibility index (Phi) is 4.28. The quantitative estimate of drug-likeness (QED) is 0.566. The molecule has 0 spiro atoms. The number of anilines is 1. The van der Waals surface area contributed by atoms with Gasteiger partial charge in [0.1, 0.15) is 0 Å². The van der Waals surface area contributed by atoms with Crippen LogP contribution in [0.1, 0.15) is 12.8 Å². The lowest BCUT2D eigenvalue weighted by atomic mass is 10.0. The molecular formula is C20H19N7O2. The molecule has 4 aromatic rings. The van der Waals surface area contributed by atoms with Gasteiger partial charge in [0.2, 0.25) is 5.95 Å². The van der Waals surface area contributed by atoms with E-state index in [1.807, 2.05) is 36.4 Å². The third-order valence-electron chi connectivity index (χ3n) is 5.08. The highest BCUT2D eigenvalue weighted by Gasteiger charge is 2.24. The summed E-state index contributed by atoms with van der Waals surface area (Å²) in [6.45, 7) is 1.09. The summed E-state index contributed by atoms with van der Waals surface area (Å²) in [6, 6.07) is 11.5. The largest absolute Gasteiger partial charge is 0.376 e. The molecule has 2 N–H and O–H groups in total. The van der Waals surface area contributed by atoms with E-state index in [1.54, 1.807) is 12.4 Å². The highest BCUT2D eigenvalue weighted by atomic mass is 16.5. The Morgan fingerprint density at radius 1 is 1.14 bits per heavy atom. The van der Waals surface area contributed by atoms with Crippen molar-refractivity contribution in [1.29, 1.82) is 0 Å². The molecule has 4 heterocycles. The maximum atomic E-state index is 13.0. The van der Waals surface area contributed by atoms with Gasteiger partial charge in [-0.1, -0.05) is 30.3 Å². The lowest BCUT2D eigenvalue weighted by molar-refractivity contribution is 0.0931. The normalized spacial score (nSPS) is 16.5. The van der Waals surface area contributed by atoms with Crippen LogP contribution in [0.25, 0.3) is 28.0 Å². The van der Waals surface area contributed by atoms with Crippen molar-refractivity contribution in [3.8, 4) is 22.4 Å². The number of rotatable bonds is 4. The second kappa shape index (κ2) is 7.10. The number of hydrogen-bond acceptors (Lipinski definition) is 7. The minimum absolute atomic E-state index is 0.0218. The van der Waals surface area contributed by atoms with Crippen molar-refractivity contribution in [2.45, 2.75) is 25.5 Å². The summed E-state index contributed by atoms with van der Waals surface area (Å²) >= 11 is 0. The van der Waals surface area contributed by atoms with Crippen molar-refractivity contribution in [1.82, 2.24) is 29.4 Å².